The molecule has 0 radical (unpaired) electrons. The largest absolute Gasteiger partial charge is 0.316 e. The molecular weight excluding hydrogens is 126 g/mol. The molecule has 0 spiro atoms. The van der Waals surface area contributed by atoms with Crippen LogP contribution in [-0.2, 0) is 0 Å². The zero-order chi connectivity index (χ0) is 7.66. The highest BCUT2D eigenvalue weighted by Gasteiger charge is 1.82. The molecule has 10 heavy (non-hydrogen) atoms. The van der Waals surface area contributed by atoms with Gasteiger partial charge in [-0.05, 0) is 13.0 Å². The molecule has 0 unspecified atom stereocenters. The Bertz CT molecular complexity index is 48.8. The van der Waals surface area contributed by atoms with Crippen LogP contribution in [0.3, 0.4) is 0 Å². The van der Waals surface area contributed by atoms with Crippen LogP contribution in [0, 0.1) is 0 Å². The zero-order valence-corrected chi connectivity index (χ0v) is 7.04. The first-order valence-corrected chi connectivity index (χ1v) is 4.08. The molecule has 0 saturated carbocycles. The number of hydrazine groups is 1. The average molecular weight is 145 g/mol. The van der Waals surface area contributed by atoms with Gasteiger partial charge in [-0.15, -0.1) is 0 Å². The van der Waals surface area contributed by atoms with Gasteiger partial charge in [0.1, 0.15) is 0 Å². The second kappa shape index (κ2) is 8.88. The molecule has 0 heterocycles. The molecule has 0 aromatic rings. The van der Waals surface area contributed by atoms with Gasteiger partial charge in [0, 0.05) is 19.6 Å². The Kier molecular flexibility index (Phi) is 8.77. The number of likely N-dealkylation sites (N-methyl/N-ethyl adjacent to an activating group) is 1. The molecule has 0 rings (SSSR count). The van der Waals surface area contributed by atoms with Crippen LogP contribution < -0.4 is 16.2 Å². The summed E-state index contributed by atoms with van der Waals surface area (Å²) >= 11 is 0. The van der Waals surface area contributed by atoms with Crippen LogP contribution in [0.1, 0.15) is 20.3 Å². The van der Waals surface area contributed by atoms with Crippen molar-refractivity contribution >= 4 is 0 Å². The van der Waals surface area contributed by atoms with Crippen molar-refractivity contribution in [3.8, 4) is 0 Å². The lowest BCUT2D eigenvalue weighted by Crippen LogP contribution is -2.37. The molecule has 0 bridgehead atoms. The summed E-state index contributed by atoms with van der Waals surface area (Å²) in [5, 5.41) is 3.22. The second-order valence-electron chi connectivity index (χ2n) is 2.21. The second-order valence-corrected chi connectivity index (χ2v) is 2.21. The van der Waals surface area contributed by atoms with Crippen LogP contribution in [0.2, 0.25) is 0 Å². The minimum Gasteiger partial charge on any atom is -0.316 e. The monoisotopic (exact) mass is 145 g/mol. The molecule has 0 aliphatic rings. The van der Waals surface area contributed by atoms with Gasteiger partial charge in [-0.2, -0.15) is 0 Å². The Morgan fingerprint density at radius 2 is 1.60 bits per heavy atom. The van der Waals surface area contributed by atoms with Crippen molar-refractivity contribution in [2.45, 2.75) is 20.3 Å². The highest BCUT2D eigenvalue weighted by molar-refractivity contribution is 4.45. The molecule has 3 N–H and O–H groups in total. The lowest BCUT2D eigenvalue weighted by molar-refractivity contribution is 0.516. The molecule has 0 aliphatic heterocycles. The topological polar surface area (TPSA) is 36.1 Å². The maximum absolute atomic E-state index is 3.22. The number of rotatable bonds is 7. The standard InChI is InChI=1S/C7H19N3/c1-3-5-9-10-7-6-8-4-2/h8-10H,3-7H2,1-2H3. The van der Waals surface area contributed by atoms with E-state index in [1.807, 2.05) is 0 Å². The van der Waals surface area contributed by atoms with Crippen molar-refractivity contribution in [2.24, 2.45) is 0 Å². The van der Waals surface area contributed by atoms with E-state index in [9.17, 15) is 0 Å². The molecule has 62 valence electrons. The lowest BCUT2D eigenvalue weighted by Gasteiger charge is -2.04. The van der Waals surface area contributed by atoms with Crippen LogP contribution >= 0.6 is 0 Å². The van der Waals surface area contributed by atoms with E-state index in [0.29, 0.717) is 0 Å². The van der Waals surface area contributed by atoms with Gasteiger partial charge in [-0.3, -0.25) is 10.9 Å². The summed E-state index contributed by atoms with van der Waals surface area (Å²) in [6.45, 7) is 8.39. The van der Waals surface area contributed by atoms with Crippen molar-refractivity contribution in [1.82, 2.24) is 16.2 Å². The first kappa shape index (κ1) is 9.88. The Hall–Kier alpha value is -0.120. The van der Waals surface area contributed by atoms with E-state index >= 15 is 0 Å². The number of hydrogen-bond donors (Lipinski definition) is 3. The fraction of sp³-hybridized carbons (Fsp3) is 1.00. The minimum absolute atomic E-state index is 0.994. The van der Waals surface area contributed by atoms with E-state index < -0.39 is 0 Å². The summed E-state index contributed by atoms with van der Waals surface area (Å²) in [5.41, 5.74) is 6.21. The molecular formula is C7H19N3. The van der Waals surface area contributed by atoms with Crippen LogP contribution in [0.25, 0.3) is 0 Å². The van der Waals surface area contributed by atoms with Gasteiger partial charge in [0.05, 0.1) is 0 Å². The smallest absolute Gasteiger partial charge is 0.0225 e. The fourth-order valence-corrected chi connectivity index (χ4v) is 0.629. The Morgan fingerprint density at radius 1 is 0.900 bits per heavy atom. The maximum Gasteiger partial charge on any atom is 0.0225 e. The highest BCUT2D eigenvalue weighted by Crippen LogP contribution is 1.64. The van der Waals surface area contributed by atoms with Gasteiger partial charge < -0.3 is 5.32 Å². The summed E-state index contributed by atoms with van der Waals surface area (Å²) < 4.78 is 0. The molecule has 0 fully saturated rings. The third-order valence-corrected chi connectivity index (χ3v) is 1.18. The van der Waals surface area contributed by atoms with Crippen molar-refractivity contribution < 1.29 is 0 Å². The van der Waals surface area contributed by atoms with Crippen molar-refractivity contribution in [1.29, 1.82) is 0 Å². The minimum atomic E-state index is 0.994. The van der Waals surface area contributed by atoms with Crippen molar-refractivity contribution in [2.75, 3.05) is 26.2 Å². The summed E-state index contributed by atoms with van der Waals surface area (Å²) in [6, 6.07) is 0. The maximum atomic E-state index is 3.22. The predicted molar refractivity (Wildman–Crippen MR) is 44.8 cm³/mol. The van der Waals surface area contributed by atoms with E-state index in [1.54, 1.807) is 0 Å². The summed E-state index contributed by atoms with van der Waals surface area (Å²) in [7, 11) is 0. The van der Waals surface area contributed by atoms with Crippen molar-refractivity contribution in [3.05, 3.63) is 0 Å². The Labute approximate surface area is 63.5 Å². The van der Waals surface area contributed by atoms with Gasteiger partial charge in [-0.25, -0.2) is 0 Å². The Balaban J connectivity index is 2.65. The predicted octanol–water partition coefficient (Wildman–Crippen LogP) is 0.100. The first-order valence-electron chi connectivity index (χ1n) is 4.08. The quantitative estimate of drug-likeness (QED) is 0.351. The van der Waals surface area contributed by atoms with E-state index in [1.165, 1.54) is 6.42 Å². The molecule has 3 nitrogen and oxygen atoms in total. The SMILES string of the molecule is CCCNNCCNCC. The van der Waals surface area contributed by atoms with Crippen LogP contribution in [-0.4, -0.2) is 26.2 Å². The summed E-state index contributed by atoms with van der Waals surface area (Å²) in [6.07, 6.45) is 1.17. The van der Waals surface area contributed by atoms with Gasteiger partial charge in [0.2, 0.25) is 0 Å². The van der Waals surface area contributed by atoms with Crippen LogP contribution in [0.15, 0.2) is 0 Å². The molecule has 0 aliphatic carbocycles. The van der Waals surface area contributed by atoms with Crippen molar-refractivity contribution in [3.63, 3.8) is 0 Å². The highest BCUT2D eigenvalue weighted by atomic mass is 15.3. The van der Waals surface area contributed by atoms with Crippen LogP contribution in [0.4, 0.5) is 0 Å². The third-order valence-electron chi connectivity index (χ3n) is 1.18. The van der Waals surface area contributed by atoms with Gasteiger partial charge in [0.15, 0.2) is 0 Å². The Morgan fingerprint density at radius 3 is 2.20 bits per heavy atom. The molecule has 0 atom stereocenters. The molecule has 3 heteroatoms. The number of hydrogen-bond acceptors (Lipinski definition) is 3. The number of nitrogens with one attached hydrogen (secondary N) is 3. The molecule has 0 aromatic carbocycles. The third kappa shape index (κ3) is 7.88. The summed E-state index contributed by atoms with van der Waals surface area (Å²) in [4.78, 5) is 0. The molecule has 0 aromatic heterocycles. The van der Waals surface area contributed by atoms with E-state index in [-0.39, 0.29) is 0 Å². The summed E-state index contributed by atoms with van der Waals surface area (Å²) in [5.74, 6) is 0. The van der Waals surface area contributed by atoms with Gasteiger partial charge in [0.25, 0.3) is 0 Å². The normalized spacial score (nSPS) is 10.2. The fourth-order valence-electron chi connectivity index (χ4n) is 0.629. The zero-order valence-electron chi connectivity index (χ0n) is 7.04. The van der Waals surface area contributed by atoms with Gasteiger partial charge >= 0.3 is 0 Å². The lowest BCUT2D eigenvalue weighted by atomic mass is 10.5. The first-order chi connectivity index (χ1) is 4.91. The molecule has 0 amide bonds. The van der Waals surface area contributed by atoms with Crippen LogP contribution in [0.5, 0.6) is 0 Å². The van der Waals surface area contributed by atoms with E-state index in [0.717, 1.165) is 26.2 Å². The average Bonchev–Trinajstić information content (AvgIpc) is 1.97. The molecule has 0 saturated heterocycles. The van der Waals surface area contributed by atoms with E-state index in [4.69, 9.17) is 0 Å². The van der Waals surface area contributed by atoms with Gasteiger partial charge in [-0.1, -0.05) is 13.8 Å². The van der Waals surface area contributed by atoms with E-state index in [2.05, 4.69) is 30.0 Å².